The van der Waals surface area contributed by atoms with E-state index in [1.54, 1.807) is 11.2 Å². The maximum Gasteiger partial charge on any atom is 0.277 e. The molecule has 6 nitrogen and oxygen atoms in total. The Morgan fingerprint density at radius 2 is 2.38 bits per heavy atom. The molecule has 1 aliphatic rings. The van der Waals surface area contributed by atoms with Gasteiger partial charge in [-0.05, 0) is 31.4 Å². The Balaban J connectivity index is 1.81. The third-order valence-electron chi connectivity index (χ3n) is 3.74. The topological polar surface area (TPSA) is 88.2 Å². The predicted octanol–water partition coefficient (Wildman–Crippen LogP) is 2.34. The van der Waals surface area contributed by atoms with Crippen molar-refractivity contribution in [2.75, 3.05) is 5.73 Å². The summed E-state index contributed by atoms with van der Waals surface area (Å²) in [5.41, 5.74) is 7.71. The first-order valence-electron chi connectivity index (χ1n) is 7.36. The molecule has 1 amide bonds. The molecule has 6 heteroatoms. The first-order chi connectivity index (χ1) is 10.2. The highest BCUT2D eigenvalue weighted by Crippen LogP contribution is 2.31. The molecular formula is C15H20N4O2. The van der Waals surface area contributed by atoms with Gasteiger partial charge in [0.15, 0.2) is 5.69 Å². The van der Waals surface area contributed by atoms with Crippen LogP contribution in [0, 0.1) is 0 Å². The number of carbonyl (C=O) groups is 1. The highest BCUT2D eigenvalue weighted by atomic mass is 16.3. The van der Waals surface area contributed by atoms with Crippen LogP contribution in [0.4, 0.5) is 5.69 Å². The summed E-state index contributed by atoms with van der Waals surface area (Å²) in [4.78, 5) is 14.5. The van der Waals surface area contributed by atoms with E-state index in [1.807, 2.05) is 12.1 Å². The van der Waals surface area contributed by atoms with Crippen LogP contribution in [-0.2, 0) is 13.0 Å². The largest absolute Gasteiger partial charge is 0.467 e. The second-order valence-electron chi connectivity index (χ2n) is 5.46. The van der Waals surface area contributed by atoms with Crippen LogP contribution in [0.2, 0.25) is 0 Å². The SMILES string of the molecule is CCCc1[nH]nc(C(=O)N(Cc2ccco2)C2CC2)c1N. The van der Waals surface area contributed by atoms with E-state index < -0.39 is 0 Å². The lowest BCUT2D eigenvalue weighted by atomic mass is 10.2. The second-order valence-corrected chi connectivity index (χ2v) is 5.46. The molecule has 2 aromatic heterocycles. The van der Waals surface area contributed by atoms with Crippen LogP contribution in [0.3, 0.4) is 0 Å². The molecule has 0 bridgehead atoms. The Labute approximate surface area is 123 Å². The summed E-state index contributed by atoms with van der Waals surface area (Å²) >= 11 is 0. The lowest BCUT2D eigenvalue weighted by Crippen LogP contribution is -2.33. The summed E-state index contributed by atoms with van der Waals surface area (Å²) in [7, 11) is 0. The van der Waals surface area contributed by atoms with Crippen molar-refractivity contribution in [3.63, 3.8) is 0 Å². The zero-order valence-electron chi connectivity index (χ0n) is 12.1. The van der Waals surface area contributed by atoms with Crippen molar-refractivity contribution in [3.8, 4) is 0 Å². The molecule has 21 heavy (non-hydrogen) atoms. The normalized spacial score (nSPS) is 14.3. The van der Waals surface area contributed by atoms with Gasteiger partial charge in [0, 0.05) is 6.04 Å². The summed E-state index contributed by atoms with van der Waals surface area (Å²) in [6.07, 6.45) is 5.43. The molecule has 0 saturated heterocycles. The van der Waals surface area contributed by atoms with Crippen LogP contribution in [0.5, 0.6) is 0 Å². The minimum Gasteiger partial charge on any atom is -0.467 e. The summed E-state index contributed by atoms with van der Waals surface area (Å²) < 4.78 is 5.35. The Kier molecular flexibility index (Phi) is 3.68. The van der Waals surface area contributed by atoms with Crippen molar-refractivity contribution < 1.29 is 9.21 Å². The standard InChI is InChI=1S/C15H20N4O2/c1-2-4-12-13(16)14(18-17-12)15(20)19(10-6-7-10)9-11-5-3-8-21-11/h3,5,8,10H,2,4,6-7,9,16H2,1H3,(H,17,18). The molecule has 0 radical (unpaired) electrons. The predicted molar refractivity (Wildman–Crippen MR) is 78.6 cm³/mol. The number of hydrogen-bond donors (Lipinski definition) is 2. The second kappa shape index (κ2) is 5.63. The molecule has 0 aromatic carbocycles. The van der Waals surface area contributed by atoms with Crippen molar-refractivity contribution in [3.05, 3.63) is 35.5 Å². The number of H-pyrrole nitrogens is 1. The molecule has 112 valence electrons. The van der Waals surface area contributed by atoms with Gasteiger partial charge in [-0.2, -0.15) is 5.10 Å². The van der Waals surface area contributed by atoms with Gasteiger partial charge in [-0.15, -0.1) is 0 Å². The van der Waals surface area contributed by atoms with Crippen molar-refractivity contribution >= 4 is 11.6 Å². The number of aromatic nitrogens is 2. The third-order valence-corrected chi connectivity index (χ3v) is 3.74. The van der Waals surface area contributed by atoms with Gasteiger partial charge in [-0.1, -0.05) is 13.3 Å². The fourth-order valence-corrected chi connectivity index (χ4v) is 2.45. The van der Waals surface area contributed by atoms with Crippen LogP contribution in [0.15, 0.2) is 22.8 Å². The number of nitrogen functional groups attached to an aromatic ring is 1. The van der Waals surface area contributed by atoms with E-state index in [0.717, 1.165) is 37.1 Å². The molecule has 1 saturated carbocycles. The maximum absolute atomic E-state index is 12.7. The lowest BCUT2D eigenvalue weighted by Gasteiger charge is -2.20. The molecule has 0 aliphatic heterocycles. The van der Waals surface area contributed by atoms with Crippen molar-refractivity contribution in [1.29, 1.82) is 0 Å². The van der Waals surface area contributed by atoms with Crippen molar-refractivity contribution in [2.45, 2.75) is 45.2 Å². The summed E-state index contributed by atoms with van der Waals surface area (Å²) in [5, 5.41) is 7.01. The number of rotatable bonds is 6. The Bertz CT molecular complexity index is 614. The zero-order chi connectivity index (χ0) is 14.8. The number of carbonyl (C=O) groups excluding carboxylic acids is 1. The molecule has 2 heterocycles. The number of hydrogen-bond acceptors (Lipinski definition) is 4. The van der Waals surface area contributed by atoms with Crippen LogP contribution >= 0.6 is 0 Å². The molecule has 1 fully saturated rings. The fraction of sp³-hybridized carbons (Fsp3) is 0.467. The Morgan fingerprint density at radius 3 is 3.00 bits per heavy atom. The lowest BCUT2D eigenvalue weighted by molar-refractivity contribution is 0.0712. The smallest absolute Gasteiger partial charge is 0.277 e. The monoisotopic (exact) mass is 288 g/mol. The highest BCUT2D eigenvalue weighted by Gasteiger charge is 2.35. The number of nitrogens with two attached hydrogens (primary N) is 1. The third kappa shape index (κ3) is 2.79. The van der Waals surface area contributed by atoms with Gasteiger partial charge in [0.2, 0.25) is 0 Å². The van der Waals surface area contributed by atoms with E-state index in [1.165, 1.54) is 0 Å². The van der Waals surface area contributed by atoms with E-state index in [4.69, 9.17) is 10.2 Å². The number of aryl methyl sites for hydroxylation is 1. The minimum absolute atomic E-state index is 0.120. The number of nitrogens with one attached hydrogen (secondary N) is 1. The van der Waals surface area contributed by atoms with E-state index in [9.17, 15) is 4.79 Å². The molecule has 0 spiro atoms. The quantitative estimate of drug-likeness (QED) is 0.854. The number of anilines is 1. The van der Waals surface area contributed by atoms with E-state index in [0.29, 0.717) is 17.9 Å². The van der Waals surface area contributed by atoms with E-state index in [2.05, 4.69) is 17.1 Å². The van der Waals surface area contributed by atoms with Gasteiger partial charge in [-0.25, -0.2) is 0 Å². The average molecular weight is 288 g/mol. The van der Waals surface area contributed by atoms with Crippen LogP contribution in [0.1, 0.15) is 48.1 Å². The molecule has 3 rings (SSSR count). The average Bonchev–Trinajstić information content (AvgIpc) is 3.07. The van der Waals surface area contributed by atoms with Gasteiger partial charge < -0.3 is 15.1 Å². The molecule has 3 N–H and O–H groups in total. The summed E-state index contributed by atoms with van der Waals surface area (Å²) in [6, 6.07) is 3.97. The number of nitrogens with zero attached hydrogens (tertiary/aromatic N) is 2. The molecule has 0 unspecified atom stereocenters. The summed E-state index contributed by atoms with van der Waals surface area (Å²) in [5.74, 6) is 0.656. The van der Waals surface area contributed by atoms with E-state index in [-0.39, 0.29) is 11.9 Å². The summed E-state index contributed by atoms with van der Waals surface area (Å²) in [6.45, 7) is 2.53. The van der Waals surface area contributed by atoms with Gasteiger partial charge in [0.25, 0.3) is 5.91 Å². The van der Waals surface area contributed by atoms with Crippen LogP contribution in [0.25, 0.3) is 0 Å². The fourth-order valence-electron chi connectivity index (χ4n) is 2.45. The van der Waals surface area contributed by atoms with Crippen molar-refractivity contribution in [2.24, 2.45) is 0 Å². The first kappa shape index (κ1) is 13.7. The van der Waals surface area contributed by atoms with Gasteiger partial charge in [0.05, 0.1) is 24.2 Å². The Hall–Kier alpha value is -2.24. The van der Waals surface area contributed by atoms with Crippen LogP contribution in [-0.4, -0.2) is 27.0 Å². The van der Waals surface area contributed by atoms with E-state index >= 15 is 0 Å². The first-order valence-corrected chi connectivity index (χ1v) is 7.36. The number of amides is 1. The molecule has 0 atom stereocenters. The molecule has 2 aromatic rings. The van der Waals surface area contributed by atoms with Gasteiger partial charge in [0.1, 0.15) is 5.76 Å². The molecular weight excluding hydrogens is 268 g/mol. The van der Waals surface area contributed by atoms with Crippen molar-refractivity contribution in [1.82, 2.24) is 15.1 Å². The zero-order valence-corrected chi connectivity index (χ0v) is 12.1. The maximum atomic E-state index is 12.7. The minimum atomic E-state index is -0.120. The van der Waals surface area contributed by atoms with Gasteiger partial charge >= 0.3 is 0 Å². The number of furan rings is 1. The van der Waals surface area contributed by atoms with Gasteiger partial charge in [-0.3, -0.25) is 9.89 Å². The number of aromatic amines is 1. The van der Waals surface area contributed by atoms with Crippen LogP contribution < -0.4 is 5.73 Å². The Morgan fingerprint density at radius 1 is 1.57 bits per heavy atom. The highest BCUT2D eigenvalue weighted by molar-refractivity contribution is 5.98. The molecule has 1 aliphatic carbocycles.